The van der Waals surface area contributed by atoms with E-state index in [0.717, 1.165) is 32.5 Å². The first-order valence-corrected chi connectivity index (χ1v) is 10.6. The molecule has 3 fully saturated rings. The summed E-state index contributed by atoms with van der Waals surface area (Å²) in [6.07, 6.45) is 8.51. The number of likely N-dealkylation sites (tertiary alicyclic amines) is 3. The van der Waals surface area contributed by atoms with Crippen LogP contribution in [0.25, 0.3) is 0 Å². The Morgan fingerprint density at radius 3 is 2.41 bits per heavy atom. The van der Waals surface area contributed by atoms with E-state index >= 15 is 0 Å². The number of aliphatic hydroxyl groups excluding tert-OH is 1. The molecular weight excluding hydrogens is 342 g/mol. The lowest BCUT2D eigenvalue weighted by Gasteiger charge is -2.51. The molecule has 0 aromatic heterocycles. The summed E-state index contributed by atoms with van der Waals surface area (Å²) in [5.41, 5.74) is -0.363. The molecule has 2 amide bonds. The van der Waals surface area contributed by atoms with E-state index < -0.39 is 6.10 Å². The number of aliphatic hydroxyl groups is 1. The molecule has 6 nitrogen and oxygen atoms in total. The molecule has 3 saturated heterocycles. The number of allylic oxidation sites excluding steroid dienone is 1. The van der Waals surface area contributed by atoms with Crippen LogP contribution in [0, 0.1) is 5.41 Å². The molecule has 3 aliphatic heterocycles. The third-order valence-electron chi connectivity index (χ3n) is 6.57. The molecule has 0 aromatic carbocycles. The van der Waals surface area contributed by atoms with Gasteiger partial charge in [-0.25, -0.2) is 0 Å². The summed E-state index contributed by atoms with van der Waals surface area (Å²) in [6.45, 7) is 8.74. The van der Waals surface area contributed by atoms with Crippen molar-refractivity contribution in [2.45, 2.75) is 57.5 Å². The van der Waals surface area contributed by atoms with Crippen LogP contribution in [0.3, 0.4) is 0 Å². The van der Waals surface area contributed by atoms with Crippen molar-refractivity contribution in [3.8, 4) is 0 Å². The minimum absolute atomic E-state index is 0.137. The van der Waals surface area contributed by atoms with E-state index in [-0.39, 0.29) is 17.2 Å². The van der Waals surface area contributed by atoms with E-state index in [4.69, 9.17) is 0 Å². The molecular formula is C21H35N3O3. The predicted octanol–water partition coefficient (Wildman–Crippen LogP) is 1.64. The van der Waals surface area contributed by atoms with Crippen LogP contribution >= 0.6 is 0 Å². The van der Waals surface area contributed by atoms with Crippen LogP contribution in [-0.4, -0.2) is 83.5 Å². The molecule has 2 atom stereocenters. The summed E-state index contributed by atoms with van der Waals surface area (Å²) in [5, 5.41) is 10.8. The number of nitrogens with zero attached hydrogens (tertiary/aromatic N) is 3. The average molecular weight is 378 g/mol. The van der Waals surface area contributed by atoms with E-state index in [1.54, 1.807) is 6.08 Å². The molecule has 0 aromatic rings. The number of carbonyl (C=O) groups excluding carboxylic acids is 2. The summed E-state index contributed by atoms with van der Waals surface area (Å²) in [5.74, 6) is 0.316. The molecule has 0 radical (unpaired) electrons. The lowest BCUT2D eigenvalue weighted by molar-refractivity contribution is -0.149. The minimum Gasteiger partial charge on any atom is -0.392 e. The van der Waals surface area contributed by atoms with Gasteiger partial charge in [-0.3, -0.25) is 14.5 Å². The average Bonchev–Trinajstić information content (AvgIpc) is 2.69. The number of amides is 2. The monoisotopic (exact) mass is 377 g/mol. The second kappa shape index (κ2) is 9.20. The normalized spacial score (nSPS) is 29.7. The van der Waals surface area contributed by atoms with Crippen molar-refractivity contribution in [3.05, 3.63) is 12.7 Å². The summed E-state index contributed by atoms with van der Waals surface area (Å²) < 4.78 is 0. The smallest absolute Gasteiger partial charge is 0.236 e. The van der Waals surface area contributed by atoms with Gasteiger partial charge in [0.1, 0.15) is 0 Å². The fourth-order valence-electron chi connectivity index (χ4n) is 4.93. The van der Waals surface area contributed by atoms with Gasteiger partial charge in [0.15, 0.2) is 0 Å². The van der Waals surface area contributed by atoms with Crippen molar-refractivity contribution in [3.63, 3.8) is 0 Å². The molecule has 3 heterocycles. The molecule has 3 rings (SSSR count). The van der Waals surface area contributed by atoms with Crippen molar-refractivity contribution < 1.29 is 14.7 Å². The van der Waals surface area contributed by atoms with E-state index in [0.29, 0.717) is 45.4 Å². The Bertz CT molecular complexity index is 547. The third-order valence-corrected chi connectivity index (χ3v) is 6.57. The molecule has 27 heavy (non-hydrogen) atoms. The number of hydrogen-bond acceptors (Lipinski definition) is 4. The van der Waals surface area contributed by atoms with Crippen molar-refractivity contribution in [1.29, 1.82) is 0 Å². The number of hydrogen-bond donors (Lipinski definition) is 1. The van der Waals surface area contributed by atoms with Gasteiger partial charge in [-0.2, -0.15) is 0 Å². The van der Waals surface area contributed by atoms with Crippen LogP contribution < -0.4 is 0 Å². The molecule has 1 spiro atoms. The second-order valence-electron chi connectivity index (χ2n) is 8.57. The lowest BCUT2D eigenvalue weighted by Crippen LogP contribution is -2.61. The maximum Gasteiger partial charge on any atom is 0.236 e. The van der Waals surface area contributed by atoms with Gasteiger partial charge in [0, 0.05) is 38.0 Å². The highest BCUT2D eigenvalue weighted by molar-refractivity contribution is 5.79. The van der Waals surface area contributed by atoms with Crippen LogP contribution in [0.4, 0.5) is 0 Å². The molecule has 1 N–H and O–H groups in total. The number of carbonyl (C=O) groups is 2. The largest absolute Gasteiger partial charge is 0.392 e. The highest BCUT2D eigenvalue weighted by atomic mass is 16.3. The standard InChI is InChI=1S/C21H35N3O3/c1-2-3-8-19(26)23-13-7-10-21(16-23)17-24(14-9-18(21)25)20(27)15-22-11-5-4-6-12-22/h2,18,25H,1,3-17H2/t18-,21+/m1/s1. The Morgan fingerprint density at radius 2 is 1.70 bits per heavy atom. The highest BCUT2D eigenvalue weighted by Gasteiger charge is 2.47. The van der Waals surface area contributed by atoms with Crippen LogP contribution in [0.2, 0.25) is 0 Å². The Labute approximate surface area is 163 Å². The molecule has 3 aliphatic rings. The Hall–Kier alpha value is -1.40. The van der Waals surface area contributed by atoms with E-state index in [1.807, 2.05) is 9.80 Å². The van der Waals surface area contributed by atoms with Crippen molar-refractivity contribution in [2.24, 2.45) is 5.41 Å². The topological polar surface area (TPSA) is 64.1 Å². The number of piperidine rings is 3. The first kappa shape index (κ1) is 20.3. The first-order chi connectivity index (χ1) is 13.0. The van der Waals surface area contributed by atoms with Crippen LogP contribution in [-0.2, 0) is 9.59 Å². The molecule has 0 aliphatic carbocycles. The van der Waals surface area contributed by atoms with Gasteiger partial charge in [0.2, 0.25) is 11.8 Å². The van der Waals surface area contributed by atoms with Crippen molar-refractivity contribution in [2.75, 3.05) is 45.8 Å². The fourth-order valence-corrected chi connectivity index (χ4v) is 4.93. The number of rotatable bonds is 5. The quantitative estimate of drug-likeness (QED) is 0.740. The third kappa shape index (κ3) is 4.91. The van der Waals surface area contributed by atoms with Gasteiger partial charge in [-0.15, -0.1) is 6.58 Å². The zero-order valence-electron chi connectivity index (χ0n) is 16.6. The molecule has 152 valence electrons. The maximum atomic E-state index is 12.9. The van der Waals surface area contributed by atoms with Gasteiger partial charge >= 0.3 is 0 Å². The Balaban J connectivity index is 1.62. The van der Waals surface area contributed by atoms with Crippen LogP contribution in [0.15, 0.2) is 12.7 Å². The first-order valence-electron chi connectivity index (χ1n) is 10.6. The molecule has 0 unspecified atom stereocenters. The maximum absolute atomic E-state index is 12.9. The van der Waals surface area contributed by atoms with Crippen molar-refractivity contribution in [1.82, 2.24) is 14.7 Å². The Kier molecular flexibility index (Phi) is 6.93. The van der Waals surface area contributed by atoms with Crippen LogP contribution in [0.5, 0.6) is 0 Å². The van der Waals surface area contributed by atoms with Crippen LogP contribution in [0.1, 0.15) is 51.4 Å². The van der Waals surface area contributed by atoms with E-state index in [9.17, 15) is 14.7 Å². The second-order valence-corrected chi connectivity index (χ2v) is 8.57. The van der Waals surface area contributed by atoms with E-state index in [1.165, 1.54) is 19.3 Å². The molecule has 0 saturated carbocycles. The molecule has 0 bridgehead atoms. The highest BCUT2D eigenvalue weighted by Crippen LogP contribution is 2.39. The minimum atomic E-state index is -0.438. The van der Waals surface area contributed by atoms with Gasteiger partial charge in [-0.1, -0.05) is 12.5 Å². The van der Waals surface area contributed by atoms with E-state index in [2.05, 4.69) is 11.5 Å². The Morgan fingerprint density at radius 1 is 1.00 bits per heavy atom. The SMILES string of the molecule is C=CCCC(=O)N1CCC[C@]2(C1)CN(C(=O)CN1CCCCC1)CC[C@H]2O. The summed E-state index contributed by atoms with van der Waals surface area (Å²) >= 11 is 0. The van der Waals surface area contributed by atoms with Gasteiger partial charge in [0.05, 0.1) is 12.6 Å². The van der Waals surface area contributed by atoms with Gasteiger partial charge in [-0.05, 0) is 51.6 Å². The lowest BCUT2D eigenvalue weighted by atomic mass is 9.71. The summed E-state index contributed by atoms with van der Waals surface area (Å²) in [4.78, 5) is 31.4. The zero-order chi connectivity index (χ0) is 19.3. The summed E-state index contributed by atoms with van der Waals surface area (Å²) in [7, 11) is 0. The predicted molar refractivity (Wildman–Crippen MR) is 105 cm³/mol. The van der Waals surface area contributed by atoms with Gasteiger partial charge < -0.3 is 14.9 Å². The van der Waals surface area contributed by atoms with Gasteiger partial charge in [0.25, 0.3) is 0 Å². The zero-order valence-corrected chi connectivity index (χ0v) is 16.6. The molecule has 6 heteroatoms. The summed E-state index contributed by atoms with van der Waals surface area (Å²) in [6, 6.07) is 0. The fraction of sp³-hybridized carbons (Fsp3) is 0.810. The van der Waals surface area contributed by atoms with Crippen molar-refractivity contribution >= 4 is 11.8 Å².